The van der Waals surface area contributed by atoms with Gasteiger partial charge in [-0.1, -0.05) is 24.3 Å². The zero-order valence-corrected chi connectivity index (χ0v) is 12.7. The number of aliphatic hydroxyl groups is 1. The Bertz CT molecular complexity index is 444. The van der Waals surface area contributed by atoms with Crippen molar-refractivity contribution in [1.82, 2.24) is 5.32 Å². The second kappa shape index (κ2) is 8.38. The lowest BCUT2D eigenvalue weighted by Crippen LogP contribution is -2.36. The quantitative estimate of drug-likeness (QED) is 0.524. The topological polar surface area (TPSA) is 81.6 Å². The average molecular weight is 311 g/mol. The summed E-state index contributed by atoms with van der Waals surface area (Å²) < 4.78 is 17.3. The maximum absolute atomic E-state index is 12.2. The molecule has 0 bridgehead atoms. The number of hydrogen-bond donors (Lipinski definition) is 2. The maximum Gasteiger partial charge on any atom is 0.270 e. The summed E-state index contributed by atoms with van der Waals surface area (Å²) >= 11 is -1.15. The van der Waals surface area contributed by atoms with Gasteiger partial charge in [-0.15, -0.1) is 0 Å². The van der Waals surface area contributed by atoms with Crippen LogP contribution in [0.1, 0.15) is 11.1 Å². The molecule has 0 spiro atoms. The third-order valence-electron chi connectivity index (χ3n) is 3.46. The molecule has 1 aliphatic rings. The van der Waals surface area contributed by atoms with Crippen LogP contribution in [0, 0.1) is 0 Å². The summed E-state index contributed by atoms with van der Waals surface area (Å²) in [5, 5.41) is 11.3. The average Bonchev–Trinajstić information content (AvgIpc) is 2.91. The molecule has 0 aromatic heterocycles. The van der Waals surface area contributed by atoms with Crippen molar-refractivity contribution < 1.29 is 19.2 Å². The van der Waals surface area contributed by atoms with Crippen LogP contribution in [0.5, 0.6) is 0 Å². The third kappa shape index (κ3) is 5.00. The van der Waals surface area contributed by atoms with Gasteiger partial charge in [-0.2, -0.15) is 0 Å². The zero-order valence-electron chi connectivity index (χ0n) is 11.9. The van der Waals surface area contributed by atoms with Crippen molar-refractivity contribution in [3.8, 4) is 0 Å². The molecule has 0 heterocycles. The molecular formula is C15H21NO4S. The minimum Gasteiger partial charge on any atom is -0.616 e. The molecule has 1 atom stereocenters. The lowest BCUT2D eigenvalue weighted by atomic mass is 10.1. The number of carbonyl (C=O) groups excluding carboxylic acids is 1. The first-order valence-corrected chi connectivity index (χ1v) is 8.48. The van der Waals surface area contributed by atoms with Crippen molar-refractivity contribution >= 4 is 17.1 Å². The molecule has 0 saturated carbocycles. The first kappa shape index (κ1) is 16.3. The van der Waals surface area contributed by atoms with Gasteiger partial charge in [0, 0.05) is 19.4 Å². The normalized spacial score (nSPS) is 15.7. The molecule has 0 aliphatic heterocycles. The Hall–Kier alpha value is -1.08. The monoisotopic (exact) mass is 311 g/mol. The molecule has 1 aliphatic carbocycles. The highest BCUT2D eigenvalue weighted by atomic mass is 32.2. The fraction of sp³-hybridized carbons (Fsp3) is 0.533. The number of nitrogens with one attached hydrogen (secondary N) is 1. The third-order valence-corrected chi connectivity index (χ3v) is 5.09. The van der Waals surface area contributed by atoms with Crippen LogP contribution in [0.25, 0.3) is 0 Å². The van der Waals surface area contributed by atoms with Gasteiger partial charge in [0.25, 0.3) is 5.91 Å². The summed E-state index contributed by atoms with van der Waals surface area (Å²) in [6, 6.07) is 8.10. The van der Waals surface area contributed by atoms with Crippen LogP contribution in [0.4, 0.5) is 0 Å². The van der Waals surface area contributed by atoms with Crippen LogP contribution in [0.15, 0.2) is 24.3 Å². The Kier molecular flexibility index (Phi) is 6.50. The molecule has 0 fully saturated rings. The molecule has 1 unspecified atom stereocenters. The SMILES string of the molecule is O=C(C[S+]([O-])C1Cc2ccccc2C1)NCCOCCO. The molecule has 5 nitrogen and oxygen atoms in total. The smallest absolute Gasteiger partial charge is 0.270 e. The predicted octanol–water partition coefficient (Wildman–Crippen LogP) is 0.0276. The number of carbonyl (C=O) groups is 1. The highest BCUT2D eigenvalue weighted by Gasteiger charge is 2.31. The van der Waals surface area contributed by atoms with E-state index in [1.54, 1.807) is 0 Å². The van der Waals surface area contributed by atoms with Crippen molar-refractivity contribution in [2.75, 3.05) is 32.1 Å². The number of fused-ring (bicyclic) bond motifs is 1. The van der Waals surface area contributed by atoms with Crippen molar-refractivity contribution in [2.24, 2.45) is 0 Å². The molecule has 1 aromatic rings. The van der Waals surface area contributed by atoms with Gasteiger partial charge in [0.2, 0.25) is 0 Å². The van der Waals surface area contributed by atoms with E-state index in [9.17, 15) is 9.35 Å². The van der Waals surface area contributed by atoms with Gasteiger partial charge in [-0.05, 0) is 22.3 Å². The van der Waals surface area contributed by atoms with Crippen LogP contribution < -0.4 is 5.32 Å². The minimum absolute atomic E-state index is 0.0276. The van der Waals surface area contributed by atoms with Crippen LogP contribution in [-0.4, -0.2) is 52.9 Å². The van der Waals surface area contributed by atoms with E-state index in [2.05, 4.69) is 17.4 Å². The summed E-state index contributed by atoms with van der Waals surface area (Å²) in [4.78, 5) is 11.7. The van der Waals surface area contributed by atoms with Gasteiger partial charge in [0.15, 0.2) is 5.75 Å². The molecule has 2 rings (SSSR count). The first-order valence-electron chi connectivity index (χ1n) is 7.10. The van der Waals surface area contributed by atoms with E-state index >= 15 is 0 Å². The second-order valence-electron chi connectivity index (χ2n) is 5.01. The summed E-state index contributed by atoms with van der Waals surface area (Å²) in [5.74, 6) is -0.171. The van der Waals surface area contributed by atoms with Crippen LogP contribution in [-0.2, 0) is 33.5 Å². The molecular weight excluding hydrogens is 290 g/mol. The highest BCUT2D eigenvalue weighted by molar-refractivity contribution is 7.92. The lowest BCUT2D eigenvalue weighted by Gasteiger charge is -2.17. The first-order chi connectivity index (χ1) is 10.2. The van der Waals surface area contributed by atoms with Crippen molar-refractivity contribution in [2.45, 2.75) is 18.1 Å². The van der Waals surface area contributed by atoms with E-state index in [1.165, 1.54) is 11.1 Å². The standard InChI is InChI=1S/C15H21NO4S/c17-6-8-20-7-5-16-15(18)11-21(19)14-9-12-3-1-2-4-13(12)10-14/h1-4,14,17H,5-11H2,(H,16,18). The molecule has 6 heteroatoms. The van der Waals surface area contributed by atoms with Gasteiger partial charge in [0.1, 0.15) is 5.25 Å². The number of amides is 1. The molecule has 21 heavy (non-hydrogen) atoms. The van der Waals surface area contributed by atoms with Crippen molar-refractivity contribution in [3.63, 3.8) is 0 Å². The number of hydrogen-bond acceptors (Lipinski definition) is 4. The molecule has 2 N–H and O–H groups in total. The van der Waals surface area contributed by atoms with E-state index in [4.69, 9.17) is 9.84 Å². The minimum atomic E-state index is -1.15. The van der Waals surface area contributed by atoms with Crippen LogP contribution in [0.2, 0.25) is 0 Å². The number of ether oxygens (including phenoxy) is 1. The van der Waals surface area contributed by atoms with E-state index < -0.39 is 11.2 Å². The predicted molar refractivity (Wildman–Crippen MR) is 81.6 cm³/mol. The van der Waals surface area contributed by atoms with Gasteiger partial charge in [-0.3, -0.25) is 4.79 Å². The maximum atomic E-state index is 12.2. The summed E-state index contributed by atoms with van der Waals surface area (Å²) in [6.45, 7) is 0.969. The van der Waals surface area contributed by atoms with Gasteiger partial charge in [-0.25, -0.2) is 0 Å². The molecule has 1 aromatic carbocycles. The highest BCUT2D eigenvalue weighted by Crippen LogP contribution is 2.26. The van der Waals surface area contributed by atoms with Gasteiger partial charge >= 0.3 is 0 Å². The van der Waals surface area contributed by atoms with Crippen LogP contribution >= 0.6 is 0 Å². The van der Waals surface area contributed by atoms with Crippen molar-refractivity contribution in [3.05, 3.63) is 35.4 Å². The van der Waals surface area contributed by atoms with Crippen molar-refractivity contribution in [1.29, 1.82) is 0 Å². The zero-order chi connectivity index (χ0) is 15.1. The summed E-state index contributed by atoms with van der Waals surface area (Å²) in [7, 11) is 0. The lowest BCUT2D eigenvalue weighted by molar-refractivity contribution is -0.118. The molecule has 116 valence electrons. The van der Waals surface area contributed by atoms with Gasteiger partial charge in [0.05, 0.1) is 19.8 Å². The van der Waals surface area contributed by atoms with E-state index in [1.807, 2.05) is 12.1 Å². The number of rotatable bonds is 8. The summed E-state index contributed by atoms with van der Waals surface area (Å²) in [6.07, 6.45) is 1.57. The van der Waals surface area contributed by atoms with E-state index in [-0.39, 0.29) is 30.1 Å². The van der Waals surface area contributed by atoms with E-state index in [0.717, 1.165) is 12.8 Å². The second-order valence-corrected chi connectivity index (χ2v) is 6.73. The van der Waals surface area contributed by atoms with Gasteiger partial charge < -0.3 is 19.7 Å². The Labute approximate surface area is 127 Å². The Morgan fingerprint density at radius 3 is 2.62 bits per heavy atom. The fourth-order valence-electron chi connectivity index (χ4n) is 2.43. The van der Waals surface area contributed by atoms with E-state index in [0.29, 0.717) is 13.2 Å². The fourth-order valence-corrected chi connectivity index (χ4v) is 3.76. The molecule has 1 amide bonds. The Balaban J connectivity index is 1.68. The largest absolute Gasteiger partial charge is 0.616 e. The Morgan fingerprint density at radius 2 is 2.00 bits per heavy atom. The number of aliphatic hydroxyl groups excluding tert-OH is 1. The molecule has 0 saturated heterocycles. The Morgan fingerprint density at radius 1 is 1.33 bits per heavy atom. The molecule has 0 radical (unpaired) electrons. The number of benzene rings is 1. The summed E-state index contributed by atoms with van der Waals surface area (Å²) in [5.41, 5.74) is 2.49. The van der Waals surface area contributed by atoms with Crippen LogP contribution in [0.3, 0.4) is 0 Å².